The number of aliphatic carboxylic acids is 1. The zero-order valence-corrected chi connectivity index (χ0v) is 10.4. The van der Waals surface area contributed by atoms with Crippen LogP contribution in [0.4, 0.5) is 13.2 Å². The highest BCUT2D eigenvalue weighted by atomic mass is 35.5. The Morgan fingerprint density at radius 3 is 2.65 bits per heavy atom. The maximum Gasteiger partial charge on any atom is 0.417 e. The van der Waals surface area contributed by atoms with E-state index in [0.717, 1.165) is 11.0 Å². The Morgan fingerprint density at radius 1 is 1.40 bits per heavy atom. The van der Waals surface area contributed by atoms with Gasteiger partial charge in [-0.15, -0.1) is 0 Å². The second-order valence-electron chi connectivity index (χ2n) is 3.69. The van der Waals surface area contributed by atoms with E-state index in [2.05, 4.69) is 15.1 Å². The molecule has 2 heterocycles. The molecule has 0 aliphatic carbocycles. The third kappa shape index (κ3) is 2.87. The Balaban J connectivity index is 2.44. The van der Waals surface area contributed by atoms with Gasteiger partial charge in [-0.3, -0.25) is 9.78 Å². The summed E-state index contributed by atoms with van der Waals surface area (Å²) in [4.78, 5) is 18.0. The number of rotatable bonds is 3. The van der Waals surface area contributed by atoms with E-state index in [-0.39, 0.29) is 16.5 Å². The fourth-order valence-corrected chi connectivity index (χ4v) is 1.70. The van der Waals surface area contributed by atoms with Crippen molar-refractivity contribution in [2.24, 2.45) is 0 Å². The summed E-state index contributed by atoms with van der Waals surface area (Å²) in [5.74, 6) is -1.20. The van der Waals surface area contributed by atoms with Gasteiger partial charge in [-0.05, 0) is 6.07 Å². The molecule has 0 saturated heterocycles. The van der Waals surface area contributed by atoms with Crippen LogP contribution >= 0.6 is 11.6 Å². The maximum absolute atomic E-state index is 12.5. The monoisotopic (exact) mass is 306 g/mol. The molecule has 0 aliphatic heterocycles. The number of alkyl halides is 3. The number of nitrogens with zero attached hydrogens (tertiary/aromatic N) is 4. The molecule has 0 atom stereocenters. The van der Waals surface area contributed by atoms with Crippen LogP contribution < -0.4 is 0 Å². The summed E-state index contributed by atoms with van der Waals surface area (Å²) >= 11 is 5.74. The quantitative estimate of drug-likeness (QED) is 0.939. The molecule has 0 spiro atoms. The van der Waals surface area contributed by atoms with Crippen molar-refractivity contribution >= 4 is 17.6 Å². The fourth-order valence-electron chi connectivity index (χ4n) is 1.45. The van der Waals surface area contributed by atoms with Crippen LogP contribution in [0.3, 0.4) is 0 Å². The lowest BCUT2D eigenvalue weighted by Crippen LogP contribution is -2.12. The predicted molar refractivity (Wildman–Crippen MR) is 60.9 cm³/mol. The lowest BCUT2D eigenvalue weighted by Gasteiger charge is -2.09. The molecule has 0 saturated carbocycles. The van der Waals surface area contributed by atoms with E-state index < -0.39 is 24.3 Å². The van der Waals surface area contributed by atoms with Crippen LogP contribution in [0.5, 0.6) is 0 Å². The topological polar surface area (TPSA) is 80.9 Å². The first kappa shape index (κ1) is 14.3. The zero-order chi connectivity index (χ0) is 14.9. The van der Waals surface area contributed by atoms with Crippen molar-refractivity contribution in [3.05, 3.63) is 29.2 Å². The number of hydrogen-bond donors (Lipinski definition) is 1. The molecule has 2 rings (SSSR count). The highest BCUT2D eigenvalue weighted by Gasteiger charge is 2.32. The molecule has 1 N–H and O–H groups in total. The van der Waals surface area contributed by atoms with Gasteiger partial charge in [0.1, 0.15) is 18.6 Å². The molecule has 0 amide bonds. The van der Waals surface area contributed by atoms with Crippen molar-refractivity contribution in [3.63, 3.8) is 0 Å². The van der Waals surface area contributed by atoms with E-state index in [9.17, 15) is 18.0 Å². The van der Waals surface area contributed by atoms with Crippen LogP contribution in [0.25, 0.3) is 11.5 Å². The van der Waals surface area contributed by atoms with E-state index in [1.54, 1.807) is 0 Å². The number of hydrogen-bond acceptors (Lipinski definition) is 4. The fraction of sp³-hybridized carbons (Fsp3) is 0.200. The molecule has 0 bridgehead atoms. The summed E-state index contributed by atoms with van der Waals surface area (Å²) in [6.07, 6.45) is -2.90. The van der Waals surface area contributed by atoms with Crippen molar-refractivity contribution in [3.8, 4) is 11.5 Å². The summed E-state index contributed by atoms with van der Waals surface area (Å²) in [7, 11) is 0. The Kier molecular flexibility index (Phi) is 3.62. The van der Waals surface area contributed by atoms with Gasteiger partial charge in [0.05, 0.1) is 10.6 Å². The molecule has 0 aliphatic rings. The van der Waals surface area contributed by atoms with E-state index in [1.807, 2.05) is 0 Å². The Labute approximate surface area is 114 Å². The number of carboxylic acids is 1. The third-order valence-corrected chi connectivity index (χ3v) is 2.57. The summed E-state index contributed by atoms with van der Waals surface area (Å²) in [6, 6.07) is 0.698. The normalized spacial score (nSPS) is 11.6. The van der Waals surface area contributed by atoms with Gasteiger partial charge in [-0.2, -0.15) is 18.3 Å². The minimum absolute atomic E-state index is 0.0221. The summed E-state index contributed by atoms with van der Waals surface area (Å²) in [5.41, 5.74) is -1.08. The molecule has 0 radical (unpaired) electrons. The maximum atomic E-state index is 12.5. The molecular formula is C10H6ClF3N4O2. The van der Waals surface area contributed by atoms with Crippen molar-refractivity contribution in [2.45, 2.75) is 12.7 Å². The smallest absolute Gasteiger partial charge is 0.417 e. The summed E-state index contributed by atoms with van der Waals surface area (Å²) in [6.45, 7) is -0.506. The van der Waals surface area contributed by atoms with Crippen molar-refractivity contribution in [2.75, 3.05) is 0 Å². The first-order valence-corrected chi connectivity index (χ1v) is 5.49. The van der Waals surface area contributed by atoms with Gasteiger partial charge < -0.3 is 5.11 Å². The van der Waals surface area contributed by atoms with Gasteiger partial charge in [0.2, 0.25) is 0 Å². The van der Waals surface area contributed by atoms with Crippen LogP contribution in [-0.4, -0.2) is 30.8 Å². The lowest BCUT2D eigenvalue weighted by atomic mass is 10.2. The Morgan fingerprint density at radius 2 is 2.10 bits per heavy atom. The van der Waals surface area contributed by atoms with Gasteiger partial charge in [-0.25, -0.2) is 9.67 Å². The molecule has 2 aromatic heterocycles. The first-order valence-electron chi connectivity index (χ1n) is 5.11. The SMILES string of the molecule is O=C(O)Cn1ncnc1-c1ncc(C(F)(F)F)cc1Cl. The van der Waals surface area contributed by atoms with Crippen LogP contribution in [0, 0.1) is 0 Å². The Bertz CT molecular complexity index is 656. The number of halogens is 4. The van der Waals surface area contributed by atoms with Crippen LogP contribution in [-0.2, 0) is 17.5 Å². The predicted octanol–water partition coefficient (Wildman–Crippen LogP) is 2.10. The molecule has 106 valence electrons. The van der Waals surface area contributed by atoms with Crippen LogP contribution in [0.15, 0.2) is 18.6 Å². The van der Waals surface area contributed by atoms with Gasteiger partial charge in [0.25, 0.3) is 0 Å². The van der Waals surface area contributed by atoms with Gasteiger partial charge in [0.15, 0.2) is 5.82 Å². The average Bonchev–Trinajstić information content (AvgIpc) is 2.74. The molecule has 6 nitrogen and oxygen atoms in total. The van der Waals surface area contributed by atoms with Gasteiger partial charge in [0, 0.05) is 6.20 Å². The molecule has 2 aromatic rings. The highest BCUT2D eigenvalue weighted by Crippen LogP contribution is 2.33. The number of carbonyl (C=O) groups is 1. The number of pyridine rings is 1. The Hall–Kier alpha value is -2.16. The van der Waals surface area contributed by atoms with Crippen LogP contribution in [0.2, 0.25) is 5.02 Å². The first-order chi connectivity index (χ1) is 9.29. The second kappa shape index (κ2) is 5.08. The summed E-state index contributed by atoms with van der Waals surface area (Å²) < 4.78 is 38.4. The largest absolute Gasteiger partial charge is 0.480 e. The van der Waals surface area contributed by atoms with E-state index in [0.29, 0.717) is 12.3 Å². The average molecular weight is 307 g/mol. The second-order valence-corrected chi connectivity index (χ2v) is 4.09. The van der Waals surface area contributed by atoms with E-state index in [1.165, 1.54) is 0 Å². The molecule has 10 heteroatoms. The van der Waals surface area contributed by atoms with Crippen LogP contribution in [0.1, 0.15) is 5.56 Å². The van der Waals surface area contributed by atoms with Gasteiger partial charge >= 0.3 is 12.1 Å². The van der Waals surface area contributed by atoms with Crippen molar-refractivity contribution in [1.82, 2.24) is 19.7 Å². The standard InChI is InChI=1S/C10H6ClF3N4O2/c11-6-1-5(10(12,13)14)2-15-8(6)9-16-4-17-18(9)3-7(19)20/h1-2,4H,3H2,(H,19,20). The molecule has 20 heavy (non-hydrogen) atoms. The lowest BCUT2D eigenvalue weighted by molar-refractivity contribution is -0.138. The zero-order valence-electron chi connectivity index (χ0n) is 9.60. The third-order valence-electron chi connectivity index (χ3n) is 2.28. The molecule has 0 aromatic carbocycles. The molecule has 0 unspecified atom stereocenters. The molecular weight excluding hydrogens is 301 g/mol. The number of aromatic nitrogens is 4. The van der Waals surface area contributed by atoms with Crippen molar-refractivity contribution in [1.29, 1.82) is 0 Å². The summed E-state index contributed by atoms with van der Waals surface area (Å²) in [5, 5.41) is 12.0. The molecule has 0 fully saturated rings. The minimum Gasteiger partial charge on any atom is -0.480 e. The number of carboxylic acid groups (broad SMARTS) is 1. The minimum atomic E-state index is -4.57. The van der Waals surface area contributed by atoms with E-state index >= 15 is 0 Å². The van der Waals surface area contributed by atoms with Gasteiger partial charge in [-0.1, -0.05) is 11.6 Å². The van der Waals surface area contributed by atoms with Crippen molar-refractivity contribution < 1.29 is 23.1 Å². The highest BCUT2D eigenvalue weighted by molar-refractivity contribution is 6.32. The van der Waals surface area contributed by atoms with E-state index in [4.69, 9.17) is 16.7 Å².